The van der Waals surface area contributed by atoms with Crippen LogP contribution in [0.5, 0.6) is 5.75 Å². The molecule has 0 radical (unpaired) electrons. The summed E-state index contributed by atoms with van der Waals surface area (Å²) in [7, 11) is 0. The third kappa shape index (κ3) is 6.03. The number of pyridine rings is 1. The van der Waals surface area contributed by atoms with E-state index in [9.17, 15) is 10.0 Å². The smallest absolute Gasteiger partial charge is 0.449 e. The number of nitrogens with zero attached hydrogens (tertiary/aromatic N) is 2. The summed E-state index contributed by atoms with van der Waals surface area (Å²) in [5.41, 5.74) is 6.18. The van der Waals surface area contributed by atoms with Gasteiger partial charge < -0.3 is 15.1 Å². The number of ether oxygens (including phenoxy) is 1. The predicted octanol–water partition coefficient (Wildman–Crippen LogP) is 7.82. The van der Waals surface area contributed by atoms with Gasteiger partial charge in [-0.15, -0.1) is 0 Å². The molecule has 0 spiro atoms. The van der Waals surface area contributed by atoms with Gasteiger partial charge in [-0.1, -0.05) is 89.0 Å². The Bertz CT molecular complexity index is 1380. The predicted molar refractivity (Wildman–Crippen MR) is 141 cm³/mol. The molecule has 0 aliphatic heterocycles. The van der Waals surface area contributed by atoms with Gasteiger partial charge in [0.2, 0.25) is 0 Å². The van der Waals surface area contributed by atoms with Gasteiger partial charge in [0.1, 0.15) is 16.1 Å². The molecule has 2 N–H and O–H groups in total. The van der Waals surface area contributed by atoms with Crippen LogP contribution in [0, 0.1) is 6.92 Å². The highest BCUT2D eigenvalue weighted by atomic mass is 35.5. The Morgan fingerprint density at radius 3 is 2.08 bits per heavy atom. The summed E-state index contributed by atoms with van der Waals surface area (Å²) in [5.74, 6) is 0.151. The van der Waals surface area contributed by atoms with Crippen molar-refractivity contribution in [2.75, 3.05) is 0 Å². The molecule has 0 aliphatic rings. The number of carboxylic acid groups (broad SMARTS) is 1. The highest BCUT2D eigenvalue weighted by molar-refractivity contribution is 6.33. The topological polar surface area (TPSA) is 92.0 Å². The molecule has 0 unspecified atom stereocenters. The van der Waals surface area contributed by atoms with E-state index < -0.39 is 6.16 Å². The summed E-state index contributed by atoms with van der Waals surface area (Å²) in [6.45, 7) is 2.05. The van der Waals surface area contributed by atoms with Crippen LogP contribution < -0.4 is 4.74 Å². The van der Waals surface area contributed by atoms with E-state index in [2.05, 4.69) is 20.9 Å². The monoisotopic (exact) mass is 520 g/mol. The van der Waals surface area contributed by atoms with Gasteiger partial charge in [-0.25, -0.2) is 9.78 Å². The lowest BCUT2D eigenvalue weighted by molar-refractivity contribution is 0.144. The zero-order chi connectivity index (χ0) is 25.7. The van der Waals surface area contributed by atoms with Crippen molar-refractivity contribution in [2.24, 2.45) is 5.16 Å². The standard InChI is InChI=1S/C28H22Cl2N2O4/c1-17-4-2-3-5-23(17)24(16-25(32-35)21-14-26(29)31-27(30)15-21)20-8-6-18(7-9-20)19-10-12-22(13-11-19)36-28(33)34/h2-15,24,35H,16H2,1H3,(H,33,34)/b32-25+/t24-/m1/s1. The van der Waals surface area contributed by atoms with E-state index in [1.54, 1.807) is 36.4 Å². The SMILES string of the molecule is Cc1ccccc1[C@H](C/C(=N\O)c1cc(Cl)nc(Cl)c1)c1ccc(-c2ccc(OC(=O)O)cc2)cc1. The van der Waals surface area contributed by atoms with Crippen LogP contribution >= 0.6 is 23.2 Å². The molecule has 182 valence electrons. The van der Waals surface area contributed by atoms with Crippen molar-refractivity contribution in [3.05, 3.63) is 117 Å². The normalized spacial score (nSPS) is 12.2. The summed E-state index contributed by atoms with van der Waals surface area (Å²) in [6.07, 6.45) is -0.949. The highest BCUT2D eigenvalue weighted by Gasteiger charge is 2.21. The number of oxime groups is 1. The minimum Gasteiger partial charge on any atom is -0.449 e. The molecule has 0 bridgehead atoms. The van der Waals surface area contributed by atoms with E-state index in [-0.39, 0.29) is 22.0 Å². The molecule has 0 fully saturated rings. The Balaban J connectivity index is 1.67. The fraction of sp³-hybridized carbons (Fsp3) is 0.107. The second kappa shape index (κ2) is 11.2. The van der Waals surface area contributed by atoms with Crippen molar-refractivity contribution >= 4 is 35.1 Å². The lowest BCUT2D eigenvalue weighted by Gasteiger charge is -2.21. The van der Waals surface area contributed by atoms with E-state index in [0.717, 1.165) is 27.8 Å². The van der Waals surface area contributed by atoms with Crippen LogP contribution in [0.15, 0.2) is 90.1 Å². The summed E-state index contributed by atoms with van der Waals surface area (Å²) in [6, 6.07) is 26.3. The van der Waals surface area contributed by atoms with Crippen LogP contribution in [0.1, 0.15) is 34.6 Å². The second-order valence-electron chi connectivity index (χ2n) is 8.18. The molecule has 1 atom stereocenters. The summed E-state index contributed by atoms with van der Waals surface area (Å²) in [5, 5.41) is 22.7. The maximum atomic E-state index is 10.7. The molecule has 1 aromatic heterocycles. The van der Waals surface area contributed by atoms with Gasteiger partial charge in [-0.2, -0.15) is 0 Å². The van der Waals surface area contributed by atoms with E-state index in [0.29, 0.717) is 17.7 Å². The lowest BCUT2D eigenvalue weighted by atomic mass is 9.83. The second-order valence-corrected chi connectivity index (χ2v) is 8.95. The van der Waals surface area contributed by atoms with Crippen molar-refractivity contribution < 1.29 is 19.8 Å². The van der Waals surface area contributed by atoms with Crippen LogP contribution in [0.3, 0.4) is 0 Å². The third-order valence-corrected chi connectivity index (χ3v) is 6.27. The fourth-order valence-corrected chi connectivity index (χ4v) is 4.61. The van der Waals surface area contributed by atoms with Crippen LogP contribution in [0.4, 0.5) is 4.79 Å². The Morgan fingerprint density at radius 1 is 0.944 bits per heavy atom. The molecule has 4 aromatic rings. The number of aromatic nitrogens is 1. The number of hydrogen-bond donors (Lipinski definition) is 2. The van der Waals surface area contributed by atoms with Gasteiger partial charge in [-0.3, -0.25) is 0 Å². The number of benzene rings is 3. The molecular weight excluding hydrogens is 499 g/mol. The minimum atomic E-state index is -1.35. The molecular formula is C28H22Cl2N2O4. The largest absolute Gasteiger partial charge is 0.511 e. The van der Waals surface area contributed by atoms with Gasteiger partial charge in [-0.05, 0) is 59.0 Å². The first-order valence-corrected chi connectivity index (χ1v) is 11.8. The molecule has 0 saturated heterocycles. The van der Waals surface area contributed by atoms with Gasteiger partial charge >= 0.3 is 6.16 Å². The van der Waals surface area contributed by atoms with Crippen LogP contribution in [0.25, 0.3) is 11.1 Å². The molecule has 3 aromatic carbocycles. The number of halogens is 2. The minimum absolute atomic E-state index is 0.108. The average molecular weight is 521 g/mol. The van der Waals surface area contributed by atoms with Crippen molar-refractivity contribution in [1.29, 1.82) is 0 Å². The van der Waals surface area contributed by atoms with Gasteiger partial charge in [0.05, 0.1) is 5.71 Å². The molecule has 8 heteroatoms. The number of rotatable bonds is 7. The highest BCUT2D eigenvalue weighted by Crippen LogP contribution is 2.34. The molecule has 0 amide bonds. The quantitative estimate of drug-likeness (QED) is 0.0646. The third-order valence-electron chi connectivity index (χ3n) is 5.88. The zero-order valence-electron chi connectivity index (χ0n) is 19.2. The first-order chi connectivity index (χ1) is 17.3. The molecule has 36 heavy (non-hydrogen) atoms. The zero-order valence-corrected chi connectivity index (χ0v) is 20.7. The molecule has 0 aliphatic carbocycles. The fourth-order valence-electron chi connectivity index (χ4n) is 4.15. The number of carbonyl (C=O) groups is 1. The van der Waals surface area contributed by atoms with Crippen molar-refractivity contribution in [1.82, 2.24) is 4.98 Å². The van der Waals surface area contributed by atoms with Crippen molar-refractivity contribution in [2.45, 2.75) is 19.3 Å². The van der Waals surface area contributed by atoms with Gasteiger partial charge in [0.25, 0.3) is 0 Å². The van der Waals surface area contributed by atoms with Gasteiger partial charge in [0.15, 0.2) is 0 Å². The summed E-state index contributed by atoms with van der Waals surface area (Å²) in [4.78, 5) is 14.7. The number of aryl methyl sites for hydroxylation is 1. The van der Waals surface area contributed by atoms with Crippen molar-refractivity contribution in [3.63, 3.8) is 0 Å². The summed E-state index contributed by atoms with van der Waals surface area (Å²) >= 11 is 12.2. The lowest BCUT2D eigenvalue weighted by Crippen LogP contribution is -2.12. The molecule has 0 saturated carbocycles. The van der Waals surface area contributed by atoms with Crippen LogP contribution in [0.2, 0.25) is 10.3 Å². The van der Waals surface area contributed by atoms with E-state index >= 15 is 0 Å². The van der Waals surface area contributed by atoms with E-state index in [1.807, 2.05) is 49.4 Å². The van der Waals surface area contributed by atoms with E-state index in [4.69, 9.17) is 28.3 Å². The van der Waals surface area contributed by atoms with E-state index in [1.165, 1.54) is 0 Å². The molecule has 4 rings (SSSR count). The maximum absolute atomic E-state index is 10.7. The Morgan fingerprint density at radius 2 is 1.53 bits per heavy atom. The summed E-state index contributed by atoms with van der Waals surface area (Å²) < 4.78 is 4.68. The molecule has 6 nitrogen and oxygen atoms in total. The average Bonchev–Trinajstić information content (AvgIpc) is 2.85. The van der Waals surface area contributed by atoms with Crippen LogP contribution in [-0.4, -0.2) is 27.2 Å². The number of hydrogen-bond acceptors (Lipinski definition) is 5. The Labute approximate surface area is 218 Å². The Kier molecular flexibility index (Phi) is 7.88. The van der Waals surface area contributed by atoms with Crippen LogP contribution in [-0.2, 0) is 0 Å². The first kappa shape index (κ1) is 25.2. The van der Waals surface area contributed by atoms with Crippen molar-refractivity contribution in [3.8, 4) is 16.9 Å². The maximum Gasteiger partial charge on any atom is 0.511 e. The Hall–Kier alpha value is -3.87. The van der Waals surface area contributed by atoms with Gasteiger partial charge in [0, 0.05) is 17.9 Å². The first-order valence-electron chi connectivity index (χ1n) is 11.0. The molecule has 1 heterocycles.